The number of rotatable bonds is 3. The molecule has 0 heterocycles. The lowest BCUT2D eigenvalue weighted by Crippen LogP contribution is -2.50. The molecule has 0 radical (unpaired) electrons. The Bertz CT molecular complexity index is 253. The first-order chi connectivity index (χ1) is 7.02. The number of carbonyl (C=O) groups is 2. The highest BCUT2D eigenvalue weighted by Gasteiger charge is 2.30. The van der Waals surface area contributed by atoms with Crippen molar-refractivity contribution < 1.29 is 9.59 Å². The van der Waals surface area contributed by atoms with Crippen LogP contribution in [0.4, 0.5) is 0 Å². The molecule has 0 bridgehead atoms. The average molecular weight is 213 g/mol. The number of hydrogen-bond acceptors (Lipinski definition) is 3. The zero-order valence-corrected chi connectivity index (χ0v) is 9.03. The number of hydrogen-bond donors (Lipinski definition) is 3. The van der Waals surface area contributed by atoms with Gasteiger partial charge in [0.15, 0.2) is 0 Å². The summed E-state index contributed by atoms with van der Waals surface area (Å²) < 4.78 is 0. The smallest absolute Gasteiger partial charge is 0.236 e. The van der Waals surface area contributed by atoms with Crippen molar-refractivity contribution in [2.24, 2.45) is 17.4 Å². The quantitative estimate of drug-likeness (QED) is 0.589. The lowest BCUT2D eigenvalue weighted by molar-refractivity contribution is -0.126. The Labute approximate surface area is 89.6 Å². The van der Waals surface area contributed by atoms with Crippen molar-refractivity contribution in [3.63, 3.8) is 0 Å². The summed E-state index contributed by atoms with van der Waals surface area (Å²) in [5.74, 6) is -0.778. The molecule has 0 saturated heterocycles. The SMILES string of the molecule is C[C@H](N)C(=O)NC1CCCCC1C(N)=O. The molecular formula is C10H19N3O2. The molecule has 0 aliphatic heterocycles. The fourth-order valence-corrected chi connectivity index (χ4v) is 1.96. The summed E-state index contributed by atoms with van der Waals surface area (Å²) in [5.41, 5.74) is 10.7. The van der Waals surface area contributed by atoms with Gasteiger partial charge in [0.25, 0.3) is 0 Å². The molecule has 1 fully saturated rings. The van der Waals surface area contributed by atoms with E-state index in [1.807, 2.05) is 0 Å². The van der Waals surface area contributed by atoms with E-state index in [1.165, 1.54) is 0 Å². The molecule has 86 valence electrons. The summed E-state index contributed by atoms with van der Waals surface area (Å²) in [7, 11) is 0. The van der Waals surface area contributed by atoms with Crippen molar-refractivity contribution in [3.8, 4) is 0 Å². The second-order valence-electron chi connectivity index (χ2n) is 4.20. The van der Waals surface area contributed by atoms with E-state index in [0.717, 1.165) is 25.7 Å². The molecule has 1 rings (SSSR count). The van der Waals surface area contributed by atoms with Crippen molar-refractivity contribution >= 4 is 11.8 Å². The van der Waals surface area contributed by atoms with Gasteiger partial charge >= 0.3 is 0 Å². The Morgan fingerprint density at radius 3 is 2.47 bits per heavy atom. The van der Waals surface area contributed by atoms with E-state index in [9.17, 15) is 9.59 Å². The molecule has 0 aromatic carbocycles. The predicted octanol–water partition coefficient (Wildman–Crippen LogP) is -0.506. The molecule has 2 unspecified atom stereocenters. The van der Waals surface area contributed by atoms with Crippen LogP contribution in [0, 0.1) is 5.92 Å². The number of primary amides is 1. The topological polar surface area (TPSA) is 98.2 Å². The minimum Gasteiger partial charge on any atom is -0.369 e. The van der Waals surface area contributed by atoms with E-state index in [-0.39, 0.29) is 23.8 Å². The molecule has 5 nitrogen and oxygen atoms in total. The van der Waals surface area contributed by atoms with Gasteiger partial charge in [-0.15, -0.1) is 0 Å². The van der Waals surface area contributed by atoms with E-state index < -0.39 is 6.04 Å². The van der Waals surface area contributed by atoms with Crippen LogP contribution in [0.25, 0.3) is 0 Å². The molecule has 2 amide bonds. The summed E-state index contributed by atoms with van der Waals surface area (Å²) in [4.78, 5) is 22.5. The normalized spacial score (nSPS) is 28.1. The van der Waals surface area contributed by atoms with Crippen molar-refractivity contribution in [2.75, 3.05) is 0 Å². The molecule has 0 spiro atoms. The molecule has 3 atom stereocenters. The second-order valence-corrected chi connectivity index (χ2v) is 4.20. The summed E-state index contributed by atoms with van der Waals surface area (Å²) in [5, 5.41) is 2.78. The monoisotopic (exact) mass is 213 g/mol. The van der Waals surface area contributed by atoms with E-state index in [1.54, 1.807) is 6.92 Å². The van der Waals surface area contributed by atoms with Crippen LogP contribution >= 0.6 is 0 Å². The van der Waals surface area contributed by atoms with Crippen molar-refractivity contribution in [1.29, 1.82) is 0 Å². The molecule has 5 heteroatoms. The summed E-state index contributed by atoms with van der Waals surface area (Å²) in [6.07, 6.45) is 3.59. The van der Waals surface area contributed by atoms with Gasteiger partial charge in [0, 0.05) is 6.04 Å². The van der Waals surface area contributed by atoms with Crippen LogP contribution in [0.3, 0.4) is 0 Å². The first-order valence-electron chi connectivity index (χ1n) is 5.37. The molecule has 5 N–H and O–H groups in total. The summed E-state index contributed by atoms with van der Waals surface area (Å²) in [6, 6.07) is -0.671. The Morgan fingerprint density at radius 2 is 1.93 bits per heavy atom. The third kappa shape index (κ3) is 3.20. The van der Waals surface area contributed by atoms with Crippen LogP contribution in [0.15, 0.2) is 0 Å². The minimum absolute atomic E-state index is 0.130. The van der Waals surface area contributed by atoms with E-state index in [2.05, 4.69) is 5.32 Å². The second kappa shape index (κ2) is 5.11. The van der Waals surface area contributed by atoms with Gasteiger partial charge in [-0.25, -0.2) is 0 Å². The molecule has 0 aromatic heterocycles. The van der Waals surface area contributed by atoms with Gasteiger partial charge in [-0.2, -0.15) is 0 Å². The van der Waals surface area contributed by atoms with Gasteiger partial charge in [0.1, 0.15) is 0 Å². The predicted molar refractivity (Wildman–Crippen MR) is 56.7 cm³/mol. The van der Waals surface area contributed by atoms with Gasteiger partial charge in [-0.05, 0) is 19.8 Å². The van der Waals surface area contributed by atoms with Gasteiger partial charge in [0.2, 0.25) is 11.8 Å². The lowest BCUT2D eigenvalue weighted by atomic mass is 9.84. The Balaban J connectivity index is 2.57. The highest BCUT2D eigenvalue weighted by atomic mass is 16.2. The molecule has 1 aliphatic rings. The fourth-order valence-electron chi connectivity index (χ4n) is 1.96. The number of amides is 2. The maximum atomic E-state index is 11.4. The number of nitrogens with one attached hydrogen (secondary N) is 1. The van der Waals surface area contributed by atoms with Crippen LogP contribution in [-0.4, -0.2) is 23.9 Å². The molecular weight excluding hydrogens is 194 g/mol. The van der Waals surface area contributed by atoms with Crippen LogP contribution in [0.2, 0.25) is 0 Å². The average Bonchev–Trinajstić information content (AvgIpc) is 2.18. The van der Waals surface area contributed by atoms with Crippen LogP contribution in [-0.2, 0) is 9.59 Å². The van der Waals surface area contributed by atoms with Crippen LogP contribution in [0.1, 0.15) is 32.6 Å². The highest BCUT2D eigenvalue weighted by Crippen LogP contribution is 2.24. The number of nitrogens with two attached hydrogens (primary N) is 2. The molecule has 1 saturated carbocycles. The summed E-state index contributed by atoms with van der Waals surface area (Å²) in [6.45, 7) is 1.62. The first kappa shape index (κ1) is 12.0. The van der Waals surface area contributed by atoms with Crippen molar-refractivity contribution in [2.45, 2.75) is 44.7 Å². The van der Waals surface area contributed by atoms with Gasteiger partial charge in [-0.1, -0.05) is 12.8 Å². The minimum atomic E-state index is -0.541. The largest absolute Gasteiger partial charge is 0.369 e. The van der Waals surface area contributed by atoms with E-state index >= 15 is 0 Å². The summed E-state index contributed by atoms with van der Waals surface area (Å²) >= 11 is 0. The van der Waals surface area contributed by atoms with Gasteiger partial charge in [0.05, 0.1) is 12.0 Å². The number of carbonyl (C=O) groups excluding carboxylic acids is 2. The van der Waals surface area contributed by atoms with E-state index in [4.69, 9.17) is 11.5 Å². The lowest BCUT2D eigenvalue weighted by Gasteiger charge is -2.30. The fraction of sp³-hybridized carbons (Fsp3) is 0.800. The molecule has 15 heavy (non-hydrogen) atoms. The van der Waals surface area contributed by atoms with Crippen molar-refractivity contribution in [3.05, 3.63) is 0 Å². The third-order valence-corrected chi connectivity index (χ3v) is 2.87. The first-order valence-corrected chi connectivity index (χ1v) is 5.37. The highest BCUT2D eigenvalue weighted by molar-refractivity contribution is 5.83. The standard InChI is InChI=1S/C10H19N3O2/c1-6(11)10(15)13-8-5-3-2-4-7(8)9(12)14/h6-8H,2-5,11H2,1H3,(H2,12,14)(H,13,15)/t6-,7?,8?/m0/s1. The maximum absolute atomic E-state index is 11.4. The van der Waals surface area contributed by atoms with Crippen molar-refractivity contribution in [1.82, 2.24) is 5.32 Å². The van der Waals surface area contributed by atoms with Gasteiger partial charge < -0.3 is 16.8 Å². The van der Waals surface area contributed by atoms with Crippen LogP contribution < -0.4 is 16.8 Å². The third-order valence-electron chi connectivity index (χ3n) is 2.87. The Hall–Kier alpha value is -1.10. The molecule has 0 aromatic rings. The zero-order valence-electron chi connectivity index (χ0n) is 9.03. The molecule has 1 aliphatic carbocycles. The van der Waals surface area contributed by atoms with Crippen LogP contribution in [0.5, 0.6) is 0 Å². The Kier molecular flexibility index (Phi) is 4.08. The van der Waals surface area contributed by atoms with E-state index in [0.29, 0.717) is 0 Å². The maximum Gasteiger partial charge on any atom is 0.236 e. The zero-order chi connectivity index (χ0) is 11.4. The Morgan fingerprint density at radius 1 is 1.33 bits per heavy atom. The van der Waals surface area contributed by atoms with Gasteiger partial charge in [-0.3, -0.25) is 9.59 Å².